The number of nitrogens with one attached hydrogen (secondary N) is 2. The molecule has 2 atom stereocenters. The lowest BCUT2D eigenvalue weighted by molar-refractivity contribution is -0.125. The van der Waals surface area contributed by atoms with Crippen LogP contribution in [0.15, 0.2) is 47.8 Å². The van der Waals surface area contributed by atoms with Gasteiger partial charge < -0.3 is 15.5 Å². The maximum absolute atomic E-state index is 13.0. The molecular formula is C23H29N3O3S. The molecule has 3 rings (SSSR count). The van der Waals surface area contributed by atoms with Crippen LogP contribution in [-0.4, -0.2) is 47.8 Å². The Morgan fingerprint density at radius 1 is 1.07 bits per heavy atom. The number of rotatable bonds is 7. The van der Waals surface area contributed by atoms with E-state index in [-0.39, 0.29) is 29.7 Å². The Hall–Kier alpha value is -2.67. The standard InChI is InChI=1S/C23H29N3O3S/c1-3-16(2)24-22(28)20(25-21(27)18-8-5-4-6-9-18)17-11-13-26(14-12-17)23(29)19-10-7-15-30-19/h4-10,15-17,20H,3,11-14H2,1-2H3,(H,24,28)(H,25,27). The van der Waals surface area contributed by atoms with Gasteiger partial charge in [-0.05, 0) is 55.7 Å². The Morgan fingerprint density at radius 2 is 1.77 bits per heavy atom. The molecule has 1 aliphatic rings. The Morgan fingerprint density at radius 3 is 2.37 bits per heavy atom. The van der Waals surface area contributed by atoms with E-state index < -0.39 is 6.04 Å². The van der Waals surface area contributed by atoms with E-state index in [0.29, 0.717) is 31.5 Å². The van der Waals surface area contributed by atoms with Crippen molar-refractivity contribution in [3.63, 3.8) is 0 Å². The number of nitrogens with zero attached hydrogens (tertiary/aromatic N) is 1. The van der Waals surface area contributed by atoms with Crippen LogP contribution in [0.25, 0.3) is 0 Å². The van der Waals surface area contributed by atoms with Crippen molar-refractivity contribution < 1.29 is 14.4 Å². The lowest BCUT2D eigenvalue weighted by atomic mass is 9.88. The zero-order chi connectivity index (χ0) is 21.5. The second kappa shape index (κ2) is 10.4. The van der Waals surface area contributed by atoms with Gasteiger partial charge in [-0.25, -0.2) is 0 Å². The Balaban J connectivity index is 1.68. The van der Waals surface area contributed by atoms with Gasteiger partial charge in [0, 0.05) is 24.7 Å². The Bertz CT molecular complexity index is 846. The van der Waals surface area contributed by atoms with Gasteiger partial charge in [-0.2, -0.15) is 0 Å². The highest BCUT2D eigenvalue weighted by atomic mass is 32.1. The minimum absolute atomic E-state index is 0.0193. The number of carbonyl (C=O) groups is 3. The average Bonchev–Trinajstić information content (AvgIpc) is 3.32. The van der Waals surface area contributed by atoms with Crippen molar-refractivity contribution in [2.45, 2.75) is 45.2 Å². The Labute approximate surface area is 181 Å². The van der Waals surface area contributed by atoms with Crippen LogP contribution in [0.2, 0.25) is 0 Å². The molecule has 6 nitrogen and oxygen atoms in total. The third kappa shape index (κ3) is 5.48. The maximum atomic E-state index is 13.0. The number of thiophene rings is 1. The third-order valence-corrected chi connectivity index (χ3v) is 6.49. The molecule has 0 radical (unpaired) electrons. The fraction of sp³-hybridized carbons (Fsp3) is 0.435. The van der Waals surface area contributed by atoms with Crippen LogP contribution < -0.4 is 10.6 Å². The van der Waals surface area contributed by atoms with Crippen LogP contribution in [0.4, 0.5) is 0 Å². The van der Waals surface area contributed by atoms with E-state index in [2.05, 4.69) is 10.6 Å². The number of likely N-dealkylation sites (tertiary alicyclic amines) is 1. The molecule has 2 N–H and O–H groups in total. The maximum Gasteiger partial charge on any atom is 0.263 e. The van der Waals surface area contributed by atoms with Crippen LogP contribution in [0.1, 0.15) is 53.1 Å². The van der Waals surface area contributed by atoms with Gasteiger partial charge in [0.15, 0.2) is 0 Å². The lowest BCUT2D eigenvalue weighted by Gasteiger charge is -2.36. The second-order valence-corrected chi connectivity index (χ2v) is 8.69. The molecule has 30 heavy (non-hydrogen) atoms. The van der Waals surface area contributed by atoms with E-state index in [0.717, 1.165) is 11.3 Å². The van der Waals surface area contributed by atoms with E-state index in [9.17, 15) is 14.4 Å². The number of carbonyl (C=O) groups excluding carboxylic acids is 3. The molecule has 0 aliphatic carbocycles. The minimum Gasteiger partial charge on any atom is -0.352 e. The van der Waals surface area contributed by atoms with Crippen molar-refractivity contribution in [3.8, 4) is 0 Å². The summed E-state index contributed by atoms with van der Waals surface area (Å²) >= 11 is 1.44. The van der Waals surface area contributed by atoms with Gasteiger partial charge in [-0.15, -0.1) is 11.3 Å². The van der Waals surface area contributed by atoms with E-state index in [1.807, 2.05) is 42.3 Å². The highest BCUT2D eigenvalue weighted by molar-refractivity contribution is 7.12. The first kappa shape index (κ1) is 22.0. The molecule has 2 heterocycles. The summed E-state index contributed by atoms with van der Waals surface area (Å²) in [5.74, 6) is -0.389. The number of amides is 3. The number of hydrogen-bond acceptors (Lipinski definition) is 4. The lowest BCUT2D eigenvalue weighted by Crippen LogP contribution is -2.55. The van der Waals surface area contributed by atoms with E-state index in [4.69, 9.17) is 0 Å². The minimum atomic E-state index is -0.620. The van der Waals surface area contributed by atoms with Crippen LogP contribution in [0, 0.1) is 5.92 Å². The highest BCUT2D eigenvalue weighted by Crippen LogP contribution is 2.24. The summed E-state index contributed by atoms with van der Waals surface area (Å²) < 4.78 is 0. The van der Waals surface area contributed by atoms with Gasteiger partial charge in [0.05, 0.1) is 4.88 Å². The monoisotopic (exact) mass is 427 g/mol. The largest absolute Gasteiger partial charge is 0.352 e. The molecule has 0 bridgehead atoms. The van der Waals surface area contributed by atoms with E-state index in [1.54, 1.807) is 24.3 Å². The molecule has 7 heteroatoms. The summed E-state index contributed by atoms with van der Waals surface area (Å²) in [4.78, 5) is 40.9. The molecule has 2 unspecified atom stereocenters. The van der Waals surface area contributed by atoms with Crippen LogP contribution in [0.5, 0.6) is 0 Å². The number of piperidine rings is 1. The van der Waals surface area contributed by atoms with Crippen molar-refractivity contribution in [2.24, 2.45) is 5.92 Å². The molecule has 3 amide bonds. The van der Waals surface area contributed by atoms with Gasteiger partial charge in [0.2, 0.25) is 5.91 Å². The molecular weight excluding hydrogens is 398 g/mol. The van der Waals surface area contributed by atoms with Crippen molar-refractivity contribution in [3.05, 3.63) is 58.3 Å². The third-order valence-electron chi connectivity index (χ3n) is 5.64. The molecule has 1 aromatic heterocycles. The smallest absolute Gasteiger partial charge is 0.263 e. The predicted octanol–water partition coefficient (Wildman–Crippen LogP) is 3.31. The molecule has 2 aromatic rings. The molecule has 160 valence electrons. The quantitative estimate of drug-likeness (QED) is 0.712. The van der Waals surface area contributed by atoms with Crippen molar-refractivity contribution in [1.29, 1.82) is 0 Å². The van der Waals surface area contributed by atoms with Gasteiger partial charge in [0.25, 0.3) is 11.8 Å². The zero-order valence-electron chi connectivity index (χ0n) is 17.5. The first-order valence-corrected chi connectivity index (χ1v) is 11.4. The van der Waals surface area contributed by atoms with Gasteiger partial charge in [-0.1, -0.05) is 31.2 Å². The number of benzene rings is 1. The fourth-order valence-corrected chi connectivity index (χ4v) is 4.33. The van der Waals surface area contributed by atoms with Gasteiger partial charge in [-0.3, -0.25) is 14.4 Å². The summed E-state index contributed by atoms with van der Waals surface area (Å²) in [6.07, 6.45) is 2.16. The summed E-state index contributed by atoms with van der Waals surface area (Å²) in [7, 11) is 0. The Kier molecular flexibility index (Phi) is 7.63. The summed E-state index contributed by atoms with van der Waals surface area (Å²) in [6, 6.07) is 12.1. The average molecular weight is 428 g/mol. The van der Waals surface area contributed by atoms with Crippen molar-refractivity contribution >= 4 is 29.1 Å². The highest BCUT2D eigenvalue weighted by Gasteiger charge is 2.34. The molecule has 1 aliphatic heterocycles. The SMILES string of the molecule is CCC(C)NC(=O)C(NC(=O)c1ccccc1)C1CCN(C(=O)c2cccs2)CC1. The fourth-order valence-electron chi connectivity index (χ4n) is 3.64. The van der Waals surface area contributed by atoms with Gasteiger partial charge >= 0.3 is 0 Å². The van der Waals surface area contributed by atoms with Crippen molar-refractivity contribution in [2.75, 3.05) is 13.1 Å². The molecule has 1 aromatic carbocycles. The topological polar surface area (TPSA) is 78.5 Å². The zero-order valence-corrected chi connectivity index (χ0v) is 18.3. The van der Waals surface area contributed by atoms with Crippen LogP contribution in [0.3, 0.4) is 0 Å². The van der Waals surface area contributed by atoms with Crippen LogP contribution in [-0.2, 0) is 4.79 Å². The second-order valence-electron chi connectivity index (χ2n) is 7.74. The van der Waals surface area contributed by atoms with Crippen LogP contribution >= 0.6 is 11.3 Å². The van der Waals surface area contributed by atoms with Crippen molar-refractivity contribution in [1.82, 2.24) is 15.5 Å². The summed E-state index contributed by atoms with van der Waals surface area (Å²) in [5, 5.41) is 7.86. The predicted molar refractivity (Wildman–Crippen MR) is 119 cm³/mol. The van der Waals surface area contributed by atoms with Gasteiger partial charge in [0.1, 0.15) is 6.04 Å². The summed E-state index contributed by atoms with van der Waals surface area (Å²) in [6.45, 7) is 5.12. The first-order valence-electron chi connectivity index (χ1n) is 10.5. The normalized spacial score (nSPS) is 16.5. The molecule has 0 saturated carbocycles. The van der Waals surface area contributed by atoms with E-state index >= 15 is 0 Å². The summed E-state index contributed by atoms with van der Waals surface area (Å²) in [5.41, 5.74) is 0.532. The molecule has 1 saturated heterocycles. The molecule has 1 fully saturated rings. The first-order chi connectivity index (χ1) is 14.5. The molecule has 0 spiro atoms. The van der Waals surface area contributed by atoms with E-state index in [1.165, 1.54) is 11.3 Å². The number of hydrogen-bond donors (Lipinski definition) is 2.